The van der Waals surface area contributed by atoms with Crippen LogP contribution < -0.4 is 0 Å². The van der Waals surface area contributed by atoms with Crippen LogP contribution in [0.3, 0.4) is 0 Å². The molecule has 3 unspecified atom stereocenters. The third-order valence-corrected chi connectivity index (χ3v) is 3.98. The van der Waals surface area contributed by atoms with Crippen molar-refractivity contribution in [2.75, 3.05) is 0 Å². The van der Waals surface area contributed by atoms with Crippen LogP contribution in [0.4, 0.5) is 0 Å². The van der Waals surface area contributed by atoms with E-state index >= 15 is 0 Å². The summed E-state index contributed by atoms with van der Waals surface area (Å²) in [6, 6.07) is 0. The van der Waals surface area contributed by atoms with E-state index in [1.54, 1.807) is 0 Å². The van der Waals surface area contributed by atoms with Gasteiger partial charge in [0, 0.05) is 0 Å². The first-order valence-corrected chi connectivity index (χ1v) is 6.98. The molecule has 0 heterocycles. The minimum Gasteiger partial charge on any atom is -0.463 e. The van der Waals surface area contributed by atoms with Crippen LogP contribution in [-0.2, 0) is 9.53 Å². The van der Waals surface area contributed by atoms with Crippen LogP contribution in [0, 0.1) is 17.3 Å². The average molecular weight is 242 g/mol. The summed E-state index contributed by atoms with van der Waals surface area (Å²) in [4.78, 5) is 12.3. The normalized spacial score (nSPS) is 18.6. The largest absolute Gasteiger partial charge is 0.463 e. The lowest BCUT2D eigenvalue weighted by molar-refractivity contribution is -0.163. The Morgan fingerprint density at radius 2 is 1.65 bits per heavy atom. The highest BCUT2D eigenvalue weighted by Gasteiger charge is 2.40. The topological polar surface area (TPSA) is 26.3 Å². The van der Waals surface area contributed by atoms with Gasteiger partial charge in [-0.2, -0.15) is 0 Å². The van der Waals surface area contributed by atoms with E-state index < -0.39 is 0 Å². The first kappa shape index (κ1) is 16.5. The van der Waals surface area contributed by atoms with Gasteiger partial charge in [0.1, 0.15) is 0 Å². The number of hydrogen-bond donors (Lipinski definition) is 0. The first-order valence-electron chi connectivity index (χ1n) is 6.98. The van der Waals surface area contributed by atoms with Gasteiger partial charge in [0.15, 0.2) is 0 Å². The Hall–Kier alpha value is -0.530. The molecule has 0 radical (unpaired) electrons. The molecule has 3 atom stereocenters. The molecule has 0 aliphatic rings. The van der Waals surface area contributed by atoms with Gasteiger partial charge in [-0.05, 0) is 39.0 Å². The fourth-order valence-electron chi connectivity index (χ4n) is 2.15. The summed E-state index contributed by atoms with van der Waals surface area (Å²) in [6.07, 6.45) is 3.02. The van der Waals surface area contributed by atoms with Crippen LogP contribution in [0.15, 0.2) is 0 Å². The predicted octanol–water partition coefficient (Wildman–Crippen LogP) is 4.43. The van der Waals surface area contributed by atoms with E-state index in [1.165, 1.54) is 0 Å². The molecule has 102 valence electrons. The molecule has 0 aliphatic heterocycles. The zero-order valence-corrected chi connectivity index (χ0v) is 12.7. The van der Waals surface area contributed by atoms with Crippen molar-refractivity contribution in [3.8, 4) is 0 Å². The zero-order valence-electron chi connectivity index (χ0n) is 12.7. The van der Waals surface area contributed by atoms with Gasteiger partial charge in [-0.1, -0.05) is 40.5 Å². The van der Waals surface area contributed by atoms with Crippen molar-refractivity contribution >= 4 is 5.97 Å². The fourth-order valence-corrected chi connectivity index (χ4v) is 2.15. The van der Waals surface area contributed by atoms with Crippen molar-refractivity contribution < 1.29 is 9.53 Å². The van der Waals surface area contributed by atoms with E-state index in [-0.39, 0.29) is 17.5 Å². The zero-order chi connectivity index (χ0) is 13.6. The minimum absolute atomic E-state index is 0.0252. The quantitative estimate of drug-likeness (QED) is 0.617. The molecule has 0 aromatic heterocycles. The van der Waals surface area contributed by atoms with Gasteiger partial charge in [0.05, 0.1) is 11.5 Å². The van der Waals surface area contributed by atoms with Gasteiger partial charge >= 0.3 is 5.97 Å². The molecular weight excluding hydrogens is 212 g/mol. The summed E-state index contributed by atoms with van der Waals surface area (Å²) in [5.74, 6) is 0.901. The highest BCUT2D eigenvalue weighted by Crippen LogP contribution is 2.38. The first-order chi connectivity index (χ1) is 7.77. The van der Waals surface area contributed by atoms with Gasteiger partial charge in [0.25, 0.3) is 0 Å². The maximum atomic E-state index is 12.3. The Bertz CT molecular complexity index is 235. The maximum Gasteiger partial charge on any atom is 0.312 e. The lowest BCUT2D eigenvalue weighted by atomic mass is 9.70. The lowest BCUT2D eigenvalue weighted by Gasteiger charge is -2.35. The highest BCUT2D eigenvalue weighted by atomic mass is 16.5. The van der Waals surface area contributed by atoms with Crippen LogP contribution in [0.25, 0.3) is 0 Å². The second-order valence-corrected chi connectivity index (χ2v) is 5.90. The molecule has 0 saturated carbocycles. The third-order valence-electron chi connectivity index (χ3n) is 3.98. The monoisotopic (exact) mass is 242 g/mol. The number of carbonyl (C=O) groups excluding carboxylic acids is 1. The summed E-state index contributed by atoms with van der Waals surface area (Å²) in [6.45, 7) is 14.6. The molecule has 0 spiro atoms. The van der Waals surface area contributed by atoms with Crippen molar-refractivity contribution in [1.82, 2.24) is 0 Å². The van der Waals surface area contributed by atoms with E-state index in [4.69, 9.17) is 4.74 Å². The second-order valence-electron chi connectivity index (χ2n) is 5.90. The van der Waals surface area contributed by atoms with Crippen molar-refractivity contribution in [2.24, 2.45) is 17.3 Å². The van der Waals surface area contributed by atoms with E-state index in [9.17, 15) is 4.79 Å². The maximum absolute atomic E-state index is 12.3. The Balaban J connectivity index is 4.89. The molecule has 0 aromatic rings. The van der Waals surface area contributed by atoms with Crippen molar-refractivity contribution in [1.29, 1.82) is 0 Å². The number of hydrogen-bond acceptors (Lipinski definition) is 2. The minimum atomic E-state index is -0.339. The van der Waals surface area contributed by atoms with E-state index in [2.05, 4.69) is 34.6 Å². The Morgan fingerprint density at radius 1 is 1.12 bits per heavy atom. The molecular formula is C15H30O2. The van der Waals surface area contributed by atoms with Crippen molar-refractivity contribution in [2.45, 2.75) is 73.8 Å². The van der Waals surface area contributed by atoms with Gasteiger partial charge in [-0.15, -0.1) is 0 Å². The summed E-state index contributed by atoms with van der Waals surface area (Å²) < 4.78 is 5.44. The molecule has 0 aliphatic carbocycles. The molecule has 0 bridgehead atoms. The molecule has 0 saturated heterocycles. The highest BCUT2D eigenvalue weighted by molar-refractivity contribution is 5.76. The molecule has 0 fully saturated rings. The van der Waals surface area contributed by atoms with Gasteiger partial charge in [-0.3, -0.25) is 4.79 Å². The van der Waals surface area contributed by atoms with E-state index in [1.807, 2.05) is 13.8 Å². The number of rotatable bonds is 7. The average Bonchev–Trinajstić information content (AvgIpc) is 2.26. The lowest BCUT2D eigenvalue weighted by Crippen LogP contribution is -2.38. The van der Waals surface area contributed by atoms with Gasteiger partial charge < -0.3 is 4.74 Å². The molecule has 0 rings (SSSR count). The molecule has 2 heteroatoms. The molecule has 0 aromatic carbocycles. The number of ether oxygens (including phenoxy) is 1. The Morgan fingerprint density at radius 3 is 2.00 bits per heavy atom. The van der Waals surface area contributed by atoms with E-state index in [0.717, 1.165) is 19.3 Å². The standard InChI is InChI=1S/C15H30O2/c1-8-12(5)10-15(7,13(6)9-2)14(16)17-11(3)4/h11-13H,8-10H2,1-7H3. The molecule has 0 N–H and O–H groups in total. The van der Waals surface area contributed by atoms with Crippen molar-refractivity contribution in [3.63, 3.8) is 0 Å². The fraction of sp³-hybridized carbons (Fsp3) is 0.933. The summed E-state index contributed by atoms with van der Waals surface area (Å²) in [5.41, 5.74) is -0.339. The van der Waals surface area contributed by atoms with E-state index in [0.29, 0.717) is 11.8 Å². The Labute approximate surface area is 107 Å². The summed E-state index contributed by atoms with van der Waals surface area (Å²) in [5, 5.41) is 0. The Kier molecular flexibility index (Phi) is 6.81. The summed E-state index contributed by atoms with van der Waals surface area (Å²) in [7, 11) is 0. The van der Waals surface area contributed by atoms with Crippen LogP contribution in [-0.4, -0.2) is 12.1 Å². The van der Waals surface area contributed by atoms with Crippen LogP contribution >= 0.6 is 0 Å². The molecule has 0 amide bonds. The van der Waals surface area contributed by atoms with Crippen LogP contribution in [0.2, 0.25) is 0 Å². The van der Waals surface area contributed by atoms with Crippen LogP contribution in [0.5, 0.6) is 0 Å². The SMILES string of the molecule is CCC(C)CC(C)(C(=O)OC(C)C)C(C)CC. The molecule has 17 heavy (non-hydrogen) atoms. The van der Waals surface area contributed by atoms with Gasteiger partial charge in [-0.25, -0.2) is 0 Å². The number of carbonyl (C=O) groups is 1. The predicted molar refractivity (Wildman–Crippen MR) is 72.9 cm³/mol. The smallest absolute Gasteiger partial charge is 0.312 e. The molecule has 2 nitrogen and oxygen atoms in total. The third kappa shape index (κ3) is 4.69. The summed E-state index contributed by atoms with van der Waals surface area (Å²) >= 11 is 0. The van der Waals surface area contributed by atoms with Gasteiger partial charge in [0.2, 0.25) is 0 Å². The second kappa shape index (κ2) is 7.03. The number of esters is 1. The van der Waals surface area contributed by atoms with Crippen LogP contribution in [0.1, 0.15) is 67.7 Å². The van der Waals surface area contributed by atoms with Crippen molar-refractivity contribution in [3.05, 3.63) is 0 Å².